The average molecular weight is 493 g/mol. The van der Waals surface area contributed by atoms with Crippen LogP contribution < -0.4 is 15.0 Å². The number of carbonyl (C=O) groups excluding carboxylic acids is 1. The lowest BCUT2D eigenvalue weighted by Gasteiger charge is -2.34. The molecule has 1 aromatic heterocycles. The number of amides is 1. The van der Waals surface area contributed by atoms with Crippen molar-refractivity contribution in [1.29, 1.82) is 0 Å². The van der Waals surface area contributed by atoms with E-state index in [1.165, 1.54) is 7.11 Å². The summed E-state index contributed by atoms with van der Waals surface area (Å²) in [5, 5.41) is 13.0. The molecule has 0 bridgehead atoms. The number of hydrogen-bond donors (Lipinski definition) is 2. The van der Waals surface area contributed by atoms with Gasteiger partial charge in [-0.3, -0.25) is 9.69 Å². The Morgan fingerprint density at radius 1 is 1.08 bits per heavy atom. The highest BCUT2D eigenvalue weighted by Gasteiger charge is 2.33. The summed E-state index contributed by atoms with van der Waals surface area (Å²) in [6.07, 6.45) is 4.05. The maximum Gasteiger partial charge on any atom is 0.414 e. The van der Waals surface area contributed by atoms with E-state index in [0.29, 0.717) is 18.8 Å². The number of imidazole rings is 1. The van der Waals surface area contributed by atoms with Crippen molar-refractivity contribution in [2.45, 2.75) is 57.5 Å². The van der Waals surface area contributed by atoms with E-state index in [1.54, 1.807) is 12.0 Å². The van der Waals surface area contributed by atoms with Gasteiger partial charge in [0.2, 0.25) is 5.95 Å². The first kappa shape index (κ1) is 24.0. The Bertz CT molecular complexity index is 1290. The van der Waals surface area contributed by atoms with Crippen LogP contribution in [-0.2, 0) is 16.0 Å². The third-order valence-electron chi connectivity index (χ3n) is 7.56. The molecule has 1 atom stereocenters. The number of fused-ring (bicyclic) bond motifs is 3. The molecule has 0 unspecified atom stereocenters. The van der Waals surface area contributed by atoms with Gasteiger partial charge in [0.15, 0.2) is 0 Å². The number of carboxylic acid groups (broad SMARTS) is 1. The highest BCUT2D eigenvalue weighted by molar-refractivity contribution is 5.96. The maximum atomic E-state index is 12.6. The zero-order chi connectivity index (χ0) is 25.4. The van der Waals surface area contributed by atoms with Crippen LogP contribution in [0.2, 0.25) is 0 Å². The highest BCUT2D eigenvalue weighted by atomic mass is 16.5. The molecule has 3 aromatic rings. The summed E-state index contributed by atoms with van der Waals surface area (Å²) >= 11 is 0. The van der Waals surface area contributed by atoms with E-state index in [0.717, 1.165) is 59.4 Å². The van der Waals surface area contributed by atoms with Gasteiger partial charge in [0.25, 0.3) is 0 Å². The van der Waals surface area contributed by atoms with Gasteiger partial charge in [0.05, 0.1) is 36.9 Å². The first-order valence-corrected chi connectivity index (χ1v) is 12.5. The van der Waals surface area contributed by atoms with E-state index in [4.69, 9.17) is 14.5 Å². The fourth-order valence-corrected chi connectivity index (χ4v) is 5.64. The number of methoxy groups -OCH3 is 2. The first-order chi connectivity index (χ1) is 17.4. The second kappa shape index (κ2) is 9.72. The Morgan fingerprint density at radius 3 is 2.56 bits per heavy atom. The van der Waals surface area contributed by atoms with Gasteiger partial charge < -0.3 is 24.5 Å². The molecule has 1 saturated carbocycles. The molecule has 0 radical (unpaired) electrons. The molecule has 190 valence electrons. The number of benzene rings is 2. The van der Waals surface area contributed by atoms with Crippen LogP contribution >= 0.6 is 0 Å². The predicted molar refractivity (Wildman–Crippen MR) is 137 cm³/mol. The van der Waals surface area contributed by atoms with Gasteiger partial charge >= 0.3 is 12.1 Å². The zero-order valence-corrected chi connectivity index (χ0v) is 20.9. The van der Waals surface area contributed by atoms with Crippen molar-refractivity contribution in [3.8, 4) is 5.75 Å². The van der Waals surface area contributed by atoms with Crippen LogP contribution in [0.1, 0.15) is 50.6 Å². The fourth-order valence-electron chi connectivity index (χ4n) is 5.64. The molecule has 2 aliphatic rings. The van der Waals surface area contributed by atoms with Crippen molar-refractivity contribution in [1.82, 2.24) is 9.55 Å². The molecule has 9 nitrogen and oxygen atoms in total. The molecule has 1 amide bonds. The molecule has 9 heteroatoms. The van der Waals surface area contributed by atoms with E-state index in [2.05, 4.69) is 9.88 Å². The minimum Gasteiger partial charge on any atom is -0.497 e. The van der Waals surface area contributed by atoms with Gasteiger partial charge in [-0.05, 0) is 69.7 Å². The number of nitrogens with zero attached hydrogens (tertiary/aromatic N) is 3. The maximum absolute atomic E-state index is 12.6. The quantitative estimate of drug-likeness (QED) is 0.484. The van der Waals surface area contributed by atoms with Crippen LogP contribution in [-0.4, -0.2) is 47.0 Å². The lowest BCUT2D eigenvalue weighted by molar-refractivity contribution is -0.143. The van der Waals surface area contributed by atoms with Crippen LogP contribution in [0.4, 0.5) is 22.1 Å². The van der Waals surface area contributed by atoms with Crippen molar-refractivity contribution in [3.63, 3.8) is 0 Å². The average Bonchev–Trinajstić information content (AvgIpc) is 3.26. The fraction of sp³-hybridized carbons (Fsp3) is 0.444. The minimum absolute atomic E-state index is 0.0326. The Labute approximate surface area is 210 Å². The Kier molecular flexibility index (Phi) is 6.47. The normalized spacial score (nSPS) is 21.6. The van der Waals surface area contributed by atoms with Crippen LogP contribution in [0.5, 0.6) is 5.75 Å². The first-order valence-electron chi connectivity index (χ1n) is 12.5. The summed E-state index contributed by atoms with van der Waals surface area (Å²) in [7, 11) is 3.04. The van der Waals surface area contributed by atoms with Crippen LogP contribution in [0, 0.1) is 5.92 Å². The summed E-state index contributed by atoms with van der Waals surface area (Å²) in [6, 6.07) is 11.9. The van der Waals surface area contributed by atoms with E-state index in [1.807, 2.05) is 43.3 Å². The van der Waals surface area contributed by atoms with Gasteiger partial charge in [-0.25, -0.2) is 9.78 Å². The largest absolute Gasteiger partial charge is 0.497 e. The number of hydrogen-bond acceptors (Lipinski definition) is 6. The number of nitrogens with one attached hydrogen (secondary N) is 1. The Morgan fingerprint density at radius 2 is 1.86 bits per heavy atom. The number of carbonyl (C=O) groups is 2. The van der Waals surface area contributed by atoms with Gasteiger partial charge in [-0.15, -0.1) is 0 Å². The third-order valence-corrected chi connectivity index (χ3v) is 7.56. The van der Waals surface area contributed by atoms with Crippen molar-refractivity contribution >= 4 is 40.4 Å². The number of aryl methyl sites for hydroxylation is 1. The summed E-state index contributed by atoms with van der Waals surface area (Å²) in [6.45, 7) is 2.03. The van der Waals surface area contributed by atoms with Crippen molar-refractivity contribution < 1.29 is 24.2 Å². The molecule has 2 N–H and O–H groups in total. The van der Waals surface area contributed by atoms with E-state index >= 15 is 0 Å². The van der Waals surface area contributed by atoms with E-state index in [9.17, 15) is 14.7 Å². The standard InChI is InChI=1S/C27H32N4O5/c1-16-7-12-21-22(30(16)27(34)36-3)13-14-23-24(21)29-26(28-18-5-4-6-20(15-18)35-2)31(23)19-10-8-17(9-11-19)25(32)33/h4-6,13-17,19H,7-12H2,1-3H3,(H,28,29)(H,32,33)/t16-,17-,19-/m0/s1. The molecular formula is C27H32N4O5. The van der Waals surface area contributed by atoms with E-state index < -0.39 is 5.97 Å². The summed E-state index contributed by atoms with van der Waals surface area (Å²) in [5.74, 6) is 0.428. The number of aliphatic carboxylic acids is 1. The lowest BCUT2D eigenvalue weighted by Crippen LogP contribution is -2.42. The number of carboxylic acids is 1. The topological polar surface area (TPSA) is 106 Å². The summed E-state index contributed by atoms with van der Waals surface area (Å²) in [4.78, 5) is 30.9. The molecule has 0 saturated heterocycles. The van der Waals surface area contributed by atoms with Crippen LogP contribution in [0.15, 0.2) is 36.4 Å². The molecule has 0 spiro atoms. The molecule has 2 aromatic carbocycles. The number of aromatic nitrogens is 2. The smallest absolute Gasteiger partial charge is 0.414 e. The van der Waals surface area contributed by atoms with Gasteiger partial charge in [0, 0.05) is 29.4 Å². The van der Waals surface area contributed by atoms with E-state index in [-0.39, 0.29) is 24.1 Å². The SMILES string of the molecule is COC(=O)N1c2ccc3c(nc(Nc4cccc(OC)c4)n3[C@H]3CC[C@H](C(=O)O)CC3)c2CC[C@@H]1C. The van der Waals surface area contributed by atoms with Crippen molar-refractivity contribution in [2.24, 2.45) is 5.92 Å². The summed E-state index contributed by atoms with van der Waals surface area (Å²) in [5.41, 5.74) is 4.56. The second-order valence-electron chi connectivity index (χ2n) is 9.66. The molecule has 36 heavy (non-hydrogen) atoms. The molecular weight excluding hydrogens is 460 g/mol. The summed E-state index contributed by atoms with van der Waals surface area (Å²) < 4.78 is 12.7. The van der Waals surface area contributed by atoms with Crippen LogP contribution in [0.25, 0.3) is 11.0 Å². The van der Waals surface area contributed by atoms with Crippen molar-refractivity contribution in [3.05, 3.63) is 42.0 Å². The monoisotopic (exact) mass is 492 g/mol. The number of ether oxygens (including phenoxy) is 2. The second-order valence-corrected chi connectivity index (χ2v) is 9.66. The van der Waals surface area contributed by atoms with Gasteiger partial charge in [0.1, 0.15) is 5.75 Å². The highest BCUT2D eigenvalue weighted by Crippen LogP contribution is 2.42. The Hall–Kier alpha value is -3.75. The number of anilines is 3. The third kappa shape index (κ3) is 4.23. The van der Waals surface area contributed by atoms with Gasteiger partial charge in [-0.2, -0.15) is 0 Å². The molecule has 1 aliphatic heterocycles. The van der Waals surface area contributed by atoms with Crippen molar-refractivity contribution in [2.75, 3.05) is 24.4 Å². The van der Waals surface area contributed by atoms with Gasteiger partial charge in [-0.1, -0.05) is 6.07 Å². The number of rotatable bonds is 5. The predicted octanol–water partition coefficient (Wildman–Crippen LogP) is 5.51. The minimum atomic E-state index is -0.718. The molecule has 5 rings (SSSR count). The molecule has 1 aliphatic carbocycles. The Balaban J connectivity index is 1.61. The molecule has 1 fully saturated rings. The zero-order valence-electron chi connectivity index (χ0n) is 20.9. The van der Waals surface area contributed by atoms with Crippen LogP contribution in [0.3, 0.4) is 0 Å². The lowest BCUT2D eigenvalue weighted by atomic mass is 9.86. The molecule has 2 heterocycles.